The summed E-state index contributed by atoms with van der Waals surface area (Å²) in [4.78, 5) is 11.7. The lowest BCUT2D eigenvalue weighted by molar-refractivity contribution is -0.123. The molecule has 1 N–H and O–H groups in total. The molecule has 1 saturated heterocycles. The molecule has 1 fully saturated rings. The van der Waals surface area contributed by atoms with E-state index in [4.69, 9.17) is 0 Å². The standard InChI is InChI=1S/C11H22N2O3S/c1-11(2,3)7-10(14)12-9-5-6-13(8-9)17(4,15)16/h9H,5-8H2,1-4H3,(H,12,14). The van der Waals surface area contributed by atoms with E-state index >= 15 is 0 Å². The summed E-state index contributed by atoms with van der Waals surface area (Å²) in [5.41, 5.74) is -0.0425. The monoisotopic (exact) mass is 262 g/mol. The van der Waals surface area contributed by atoms with E-state index in [2.05, 4.69) is 5.32 Å². The number of rotatable bonds is 3. The van der Waals surface area contributed by atoms with Gasteiger partial charge in [0.25, 0.3) is 0 Å². The van der Waals surface area contributed by atoms with Crippen LogP contribution in [0.4, 0.5) is 0 Å². The maximum atomic E-state index is 11.7. The molecule has 0 aromatic carbocycles. The van der Waals surface area contributed by atoms with Crippen LogP contribution in [0.15, 0.2) is 0 Å². The summed E-state index contributed by atoms with van der Waals surface area (Å²) >= 11 is 0. The van der Waals surface area contributed by atoms with Gasteiger partial charge in [0.1, 0.15) is 0 Å². The summed E-state index contributed by atoms with van der Waals surface area (Å²) in [7, 11) is -3.12. The smallest absolute Gasteiger partial charge is 0.220 e. The van der Waals surface area contributed by atoms with E-state index in [9.17, 15) is 13.2 Å². The van der Waals surface area contributed by atoms with E-state index in [-0.39, 0.29) is 17.4 Å². The Morgan fingerprint density at radius 3 is 2.41 bits per heavy atom. The molecule has 0 bridgehead atoms. The molecule has 1 unspecified atom stereocenters. The highest BCUT2D eigenvalue weighted by Gasteiger charge is 2.29. The second kappa shape index (κ2) is 4.94. The topological polar surface area (TPSA) is 66.5 Å². The molecule has 0 aromatic heterocycles. The molecule has 1 atom stereocenters. The first-order chi connectivity index (χ1) is 7.58. The van der Waals surface area contributed by atoms with E-state index in [0.29, 0.717) is 25.9 Å². The molecule has 0 saturated carbocycles. The van der Waals surface area contributed by atoms with Gasteiger partial charge in [-0.2, -0.15) is 0 Å². The average Bonchev–Trinajstić information content (AvgIpc) is 2.47. The Labute approximate surface area is 104 Å². The van der Waals surface area contributed by atoms with Gasteiger partial charge in [-0.3, -0.25) is 4.79 Å². The van der Waals surface area contributed by atoms with Gasteiger partial charge in [0, 0.05) is 25.6 Å². The fourth-order valence-electron chi connectivity index (χ4n) is 1.91. The van der Waals surface area contributed by atoms with E-state index in [1.54, 1.807) is 0 Å². The number of sulfonamides is 1. The lowest BCUT2D eigenvalue weighted by Gasteiger charge is -2.20. The van der Waals surface area contributed by atoms with Crippen molar-refractivity contribution in [2.75, 3.05) is 19.3 Å². The third-order valence-corrected chi connectivity index (χ3v) is 3.95. The Morgan fingerprint density at radius 2 is 2.00 bits per heavy atom. The first kappa shape index (κ1) is 14.4. The average molecular weight is 262 g/mol. The van der Waals surface area contributed by atoms with Crippen LogP contribution in [0.3, 0.4) is 0 Å². The van der Waals surface area contributed by atoms with E-state index < -0.39 is 10.0 Å². The van der Waals surface area contributed by atoms with Crippen LogP contribution in [-0.4, -0.2) is 44.0 Å². The number of hydrogen-bond acceptors (Lipinski definition) is 3. The fraction of sp³-hybridized carbons (Fsp3) is 0.909. The minimum atomic E-state index is -3.12. The molecule has 6 heteroatoms. The minimum Gasteiger partial charge on any atom is -0.352 e. The van der Waals surface area contributed by atoms with Crippen molar-refractivity contribution in [3.8, 4) is 0 Å². The SMILES string of the molecule is CC(C)(C)CC(=O)NC1CCN(S(C)(=O)=O)C1. The highest BCUT2D eigenvalue weighted by molar-refractivity contribution is 7.88. The third-order valence-electron chi connectivity index (χ3n) is 2.68. The van der Waals surface area contributed by atoms with Crippen molar-refractivity contribution < 1.29 is 13.2 Å². The van der Waals surface area contributed by atoms with Gasteiger partial charge < -0.3 is 5.32 Å². The molecule has 5 nitrogen and oxygen atoms in total. The number of carbonyl (C=O) groups is 1. The summed E-state index contributed by atoms with van der Waals surface area (Å²) in [5.74, 6) is -0.00199. The largest absolute Gasteiger partial charge is 0.352 e. The zero-order valence-electron chi connectivity index (χ0n) is 11.0. The van der Waals surface area contributed by atoms with Gasteiger partial charge in [-0.15, -0.1) is 0 Å². The molecule has 17 heavy (non-hydrogen) atoms. The Morgan fingerprint density at radius 1 is 1.41 bits per heavy atom. The van der Waals surface area contributed by atoms with Gasteiger partial charge in [-0.1, -0.05) is 20.8 Å². The molecule has 0 radical (unpaired) electrons. The van der Waals surface area contributed by atoms with Crippen LogP contribution >= 0.6 is 0 Å². The van der Waals surface area contributed by atoms with E-state index in [1.165, 1.54) is 10.6 Å². The Bertz CT molecular complexity index is 384. The summed E-state index contributed by atoms with van der Waals surface area (Å²) in [6, 6.07) is -0.0421. The van der Waals surface area contributed by atoms with Crippen molar-refractivity contribution in [1.29, 1.82) is 0 Å². The summed E-state index contributed by atoms with van der Waals surface area (Å²) in [5, 5.41) is 2.89. The van der Waals surface area contributed by atoms with Crippen LogP contribution in [-0.2, 0) is 14.8 Å². The zero-order valence-corrected chi connectivity index (χ0v) is 11.8. The number of amides is 1. The van der Waals surface area contributed by atoms with Crippen LogP contribution in [0.1, 0.15) is 33.6 Å². The summed E-state index contributed by atoms with van der Waals surface area (Å²) in [6.07, 6.45) is 2.36. The number of hydrogen-bond donors (Lipinski definition) is 1. The maximum absolute atomic E-state index is 11.7. The normalized spacial score (nSPS) is 22.7. The van der Waals surface area contributed by atoms with Crippen LogP contribution in [0, 0.1) is 5.41 Å². The van der Waals surface area contributed by atoms with Gasteiger partial charge in [-0.05, 0) is 11.8 Å². The third kappa shape index (κ3) is 5.04. The Hall–Kier alpha value is -0.620. The van der Waals surface area contributed by atoms with Crippen LogP contribution in [0.2, 0.25) is 0 Å². The highest BCUT2D eigenvalue weighted by Crippen LogP contribution is 2.19. The maximum Gasteiger partial charge on any atom is 0.220 e. The molecule has 0 spiro atoms. The molecular weight excluding hydrogens is 240 g/mol. The molecule has 0 aliphatic carbocycles. The number of nitrogens with zero attached hydrogens (tertiary/aromatic N) is 1. The van der Waals surface area contributed by atoms with E-state index in [1.807, 2.05) is 20.8 Å². The Kier molecular flexibility index (Phi) is 4.19. The Balaban J connectivity index is 2.44. The second-order valence-corrected chi connectivity index (χ2v) is 7.89. The van der Waals surface area contributed by atoms with Crippen molar-refractivity contribution in [1.82, 2.24) is 9.62 Å². The quantitative estimate of drug-likeness (QED) is 0.808. The molecule has 1 aliphatic heterocycles. The molecule has 0 aromatic rings. The van der Waals surface area contributed by atoms with Gasteiger partial charge in [0.05, 0.1) is 6.26 Å². The fourth-order valence-corrected chi connectivity index (χ4v) is 2.80. The van der Waals surface area contributed by atoms with Crippen LogP contribution in [0.5, 0.6) is 0 Å². The molecule has 1 aliphatic rings. The van der Waals surface area contributed by atoms with Gasteiger partial charge in [0.2, 0.25) is 15.9 Å². The zero-order chi connectivity index (χ0) is 13.3. The van der Waals surface area contributed by atoms with Gasteiger partial charge in [0.15, 0.2) is 0 Å². The van der Waals surface area contributed by atoms with Crippen molar-refractivity contribution in [2.24, 2.45) is 5.41 Å². The minimum absolute atomic E-state index is 0.00199. The first-order valence-electron chi connectivity index (χ1n) is 5.82. The number of carbonyl (C=O) groups excluding carboxylic acids is 1. The van der Waals surface area contributed by atoms with Crippen molar-refractivity contribution >= 4 is 15.9 Å². The molecule has 1 amide bonds. The predicted octanol–water partition coefficient (Wildman–Crippen LogP) is 0.573. The first-order valence-corrected chi connectivity index (χ1v) is 7.67. The lowest BCUT2D eigenvalue weighted by atomic mass is 9.92. The van der Waals surface area contributed by atoms with E-state index in [0.717, 1.165) is 0 Å². The van der Waals surface area contributed by atoms with Crippen molar-refractivity contribution in [3.63, 3.8) is 0 Å². The molecular formula is C11H22N2O3S. The summed E-state index contributed by atoms with van der Waals surface area (Å²) in [6.45, 7) is 6.91. The summed E-state index contributed by atoms with van der Waals surface area (Å²) < 4.78 is 24.0. The lowest BCUT2D eigenvalue weighted by Crippen LogP contribution is -2.39. The van der Waals surface area contributed by atoms with Crippen molar-refractivity contribution in [2.45, 2.75) is 39.7 Å². The second-order valence-electron chi connectivity index (χ2n) is 5.91. The van der Waals surface area contributed by atoms with Crippen LogP contribution < -0.4 is 5.32 Å². The molecule has 1 rings (SSSR count). The van der Waals surface area contributed by atoms with Gasteiger partial charge in [-0.25, -0.2) is 12.7 Å². The van der Waals surface area contributed by atoms with Crippen molar-refractivity contribution in [3.05, 3.63) is 0 Å². The number of nitrogens with one attached hydrogen (secondary N) is 1. The molecule has 1 heterocycles. The predicted molar refractivity (Wildman–Crippen MR) is 67.0 cm³/mol. The molecule has 100 valence electrons. The van der Waals surface area contributed by atoms with Crippen LogP contribution in [0.25, 0.3) is 0 Å². The van der Waals surface area contributed by atoms with Gasteiger partial charge >= 0.3 is 0 Å². The highest BCUT2D eigenvalue weighted by atomic mass is 32.2.